The van der Waals surface area contributed by atoms with E-state index in [0.717, 1.165) is 16.8 Å². The van der Waals surface area contributed by atoms with Crippen molar-refractivity contribution in [2.75, 3.05) is 6.54 Å². The van der Waals surface area contributed by atoms with E-state index in [0.29, 0.717) is 5.02 Å². The van der Waals surface area contributed by atoms with Crippen LogP contribution in [0.3, 0.4) is 0 Å². The summed E-state index contributed by atoms with van der Waals surface area (Å²) in [5.74, 6) is -0.451. The molecule has 1 amide bonds. The van der Waals surface area contributed by atoms with Crippen molar-refractivity contribution < 1.29 is 13.2 Å². The van der Waals surface area contributed by atoms with Gasteiger partial charge in [0.05, 0.1) is 17.1 Å². The second-order valence-electron chi connectivity index (χ2n) is 5.84. The Hall–Kier alpha value is -2.81. The van der Waals surface area contributed by atoms with Crippen molar-refractivity contribution in [3.63, 3.8) is 0 Å². The van der Waals surface area contributed by atoms with E-state index in [4.69, 9.17) is 11.6 Å². The summed E-state index contributed by atoms with van der Waals surface area (Å²) >= 11 is 5.81. The van der Waals surface area contributed by atoms with Gasteiger partial charge in [-0.2, -0.15) is 0 Å². The van der Waals surface area contributed by atoms with Crippen LogP contribution in [-0.4, -0.2) is 30.8 Å². The average molecular weight is 417 g/mol. The molecule has 2 N–H and O–H groups in total. The van der Waals surface area contributed by atoms with E-state index < -0.39 is 15.9 Å². The minimum Gasteiger partial charge on any atom is -0.351 e. The fourth-order valence-electron chi connectivity index (χ4n) is 2.41. The van der Waals surface area contributed by atoms with Crippen LogP contribution in [0.5, 0.6) is 0 Å². The van der Waals surface area contributed by atoms with Crippen LogP contribution in [0.1, 0.15) is 5.56 Å². The maximum Gasteiger partial charge on any atom is 0.241 e. The Balaban J connectivity index is 1.56. The number of hydrogen-bond donors (Lipinski definition) is 2. The molecule has 0 saturated carbocycles. The van der Waals surface area contributed by atoms with Gasteiger partial charge in [-0.05, 0) is 48.0 Å². The van der Waals surface area contributed by atoms with Crippen LogP contribution >= 0.6 is 11.6 Å². The lowest BCUT2D eigenvalue weighted by Gasteiger charge is -2.09. The summed E-state index contributed by atoms with van der Waals surface area (Å²) < 4.78 is 26.7. The van der Waals surface area contributed by atoms with Crippen LogP contribution < -0.4 is 10.0 Å². The molecule has 0 fully saturated rings. The Morgan fingerprint density at radius 1 is 1.04 bits per heavy atom. The number of rotatable bonds is 7. The highest BCUT2D eigenvalue weighted by Crippen LogP contribution is 2.17. The van der Waals surface area contributed by atoms with Gasteiger partial charge in [0, 0.05) is 35.7 Å². The first kappa shape index (κ1) is 19.9. The Morgan fingerprint density at radius 2 is 1.82 bits per heavy atom. The van der Waals surface area contributed by atoms with E-state index in [1.165, 1.54) is 18.2 Å². The van der Waals surface area contributed by atoms with E-state index in [9.17, 15) is 13.2 Å². The van der Waals surface area contributed by atoms with Gasteiger partial charge in [-0.3, -0.25) is 14.8 Å². The molecule has 3 aromatic rings. The number of nitrogens with zero attached hydrogens (tertiary/aromatic N) is 2. The topological polar surface area (TPSA) is 101 Å². The molecular formula is C19H17ClN4O3S. The number of sulfonamides is 1. The Bertz CT molecular complexity index is 1080. The van der Waals surface area contributed by atoms with E-state index >= 15 is 0 Å². The third-order valence-electron chi connectivity index (χ3n) is 3.82. The number of amides is 1. The average Bonchev–Trinajstić information content (AvgIpc) is 2.72. The number of nitrogens with one attached hydrogen (secondary N) is 2. The highest BCUT2D eigenvalue weighted by atomic mass is 35.5. The van der Waals surface area contributed by atoms with E-state index in [-0.39, 0.29) is 18.0 Å². The van der Waals surface area contributed by atoms with Crippen LogP contribution in [0.15, 0.2) is 72.0 Å². The zero-order chi connectivity index (χ0) is 20.0. The van der Waals surface area contributed by atoms with Crippen LogP contribution in [0.25, 0.3) is 11.3 Å². The van der Waals surface area contributed by atoms with Crippen LogP contribution in [-0.2, 0) is 21.4 Å². The lowest BCUT2D eigenvalue weighted by molar-refractivity contribution is -0.120. The molecule has 3 rings (SSSR count). The van der Waals surface area contributed by atoms with Gasteiger partial charge in [0.25, 0.3) is 0 Å². The van der Waals surface area contributed by atoms with Gasteiger partial charge in [0.15, 0.2) is 0 Å². The number of pyridine rings is 2. The van der Waals surface area contributed by atoms with Crippen molar-refractivity contribution in [1.82, 2.24) is 20.0 Å². The minimum absolute atomic E-state index is 0.00364. The molecule has 0 spiro atoms. The summed E-state index contributed by atoms with van der Waals surface area (Å²) in [6, 6.07) is 13.1. The summed E-state index contributed by atoms with van der Waals surface area (Å²) in [4.78, 5) is 20.3. The molecule has 0 atom stereocenters. The molecule has 0 unspecified atom stereocenters. The molecule has 9 heteroatoms. The Kier molecular flexibility index (Phi) is 6.35. The molecule has 2 aromatic heterocycles. The molecule has 0 aliphatic carbocycles. The quantitative estimate of drug-likeness (QED) is 0.615. The SMILES string of the molecule is O=C(CNS(=O)(=O)c1cccc(Cl)c1)NCc1ccnc(-c2ccncc2)c1. The van der Waals surface area contributed by atoms with Crippen LogP contribution in [0.2, 0.25) is 5.02 Å². The van der Waals surface area contributed by atoms with Crippen molar-refractivity contribution in [3.8, 4) is 11.3 Å². The monoisotopic (exact) mass is 416 g/mol. The van der Waals surface area contributed by atoms with Crippen molar-refractivity contribution in [2.24, 2.45) is 0 Å². The first-order valence-corrected chi connectivity index (χ1v) is 10.2. The molecule has 7 nitrogen and oxygen atoms in total. The van der Waals surface area contributed by atoms with E-state index in [1.54, 1.807) is 30.7 Å². The van der Waals surface area contributed by atoms with Crippen molar-refractivity contribution in [2.45, 2.75) is 11.4 Å². The number of halogens is 1. The first-order chi connectivity index (χ1) is 13.4. The molecule has 0 saturated heterocycles. The summed E-state index contributed by atoms with van der Waals surface area (Å²) in [5, 5.41) is 2.98. The first-order valence-electron chi connectivity index (χ1n) is 8.31. The number of carbonyl (C=O) groups is 1. The van der Waals surface area contributed by atoms with Gasteiger partial charge in [-0.1, -0.05) is 17.7 Å². The second kappa shape index (κ2) is 8.92. The summed E-state index contributed by atoms with van der Waals surface area (Å²) in [5.41, 5.74) is 2.51. The third kappa shape index (κ3) is 5.35. The Morgan fingerprint density at radius 3 is 2.57 bits per heavy atom. The molecule has 2 heterocycles. The van der Waals surface area contributed by atoms with Gasteiger partial charge in [-0.25, -0.2) is 13.1 Å². The Labute approximate surface area is 167 Å². The largest absolute Gasteiger partial charge is 0.351 e. The van der Waals surface area contributed by atoms with E-state index in [2.05, 4.69) is 20.0 Å². The van der Waals surface area contributed by atoms with E-state index in [1.807, 2.05) is 18.2 Å². The highest BCUT2D eigenvalue weighted by Gasteiger charge is 2.15. The van der Waals surface area contributed by atoms with Crippen molar-refractivity contribution in [1.29, 1.82) is 0 Å². The fraction of sp³-hybridized carbons (Fsp3) is 0.105. The van der Waals surface area contributed by atoms with Gasteiger partial charge in [0.2, 0.25) is 15.9 Å². The molecule has 28 heavy (non-hydrogen) atoms. The van der Waals surface area contributed by atoms with Gasteiger partial charge < -0.3 is 5.32 Å². The third-order valence-corrected chi connectivity index (χ3v) is 5.45. The predicted octanol–water partition coefficient (Wildman–Crippen LogP) is 2.39. The van der Waals surface area contributed by atoms with Crippen LogP contribution in [0, 0.1) is 0 Å². The van der Waals surface area contributed by atoms with Gasteiger partial charge >= 0.3 is 0 Å². The van der Waals surface area contributed by atoms with Gasteiger partial charge in [-0.15, -0.1) is 0 Å². The van der Waals surface area contributed by atoms with Crippen molar-refractivity contribution in [3.05, 3.63) is 77.7 Å². The number of aromatic nitrogens is 2. The molecule has 0 radical (unpaired) electrons. The molecule has 1 aromatic carbocycles. The molecule has 144 valence electrons. The molecular weight excluding hydrogens is 400 g/mol. The lowest BCUT2D eigenvalue weighted by Crippen LogP contribution is -2.36. The molecule has 0 aliphatic heterocycles. The molecule has 0 aliphatic rings. The fourth-order valence-corrected chi connectivity index (χ4v) is 3.69. The normalized spacial score (nSPS) is 11.2. The maximum atomic E-state index is 12.2. The van der Waals surface area contributed by atoms with Crippen LogP contribution in [0.4, 0.5) is 0 Å². The smallest absolute Gasteiger partial charge is 0.241 e. The summed E-state index contributed by atoms with van der Waals surface area (Å²) in [7, 11) is -3.81. The van der Waals surface area contributed by atoms with Gasteiger partial charge in [0.1, 0.15) is 0 Å². The minimum atomic E-state index is -3.81. The number of benzene rings is 1. The maximum absolute atomic E-state index is 12.2. The second-order valence-corrected chi connectivity index (χ2v) is 8.05. The highest BCUT2D eigenvalue weighted by molar-refractivity contribution is 7.89. The number of carbonyl (C=O) groups excluding carboxylic acids is 1. The van der Waals surface area contributed by atoms with Crippen molar-refractivity contribution >= 4 is 27.5 Å². The zero-order valence-corrected chi connectivity index (χ0v) is 16.2. The standard InChI is InChI=1S/C19H17ClN4O3S/c20-16-2-1-3-17(11-16)28(26,27)24-13-19(25)23-12-14-4-9-22-18(10-14)15-5-7-21-8-6-15/h1-11,24H,12-13H2,(H,23,25). The molecule has 0 bridgehead atoms. The summed E-state index contributed by atoms with van der Waals surface area (Å²) in [6.07, 6.45) is 5.01. The zero-order valence-electron chi connectivity index (χ0n) is 14.7. The number of hydrogen-bond acceptors (Lipinski definition) is 5. The summed E-state index contributed by atoms with van der Waals surface area (Å²) in [6.45, 7) is -0.129. The lowest BCUT2D eigenvalue weighted by atomic mass is 10.1. The predicted molar refractivity (Wildman–Crippen MR) is 106 cm³/mol.